The van der Waals surface area contributed by atoms with Gasteiger partial charge in [0, 0.05) is 41.6 Å². The van der Waals surface area contributed by atoms with Crippen LogP contribution in [0.25, 0.3) is 10.9 Å². The molecule has 1 fully saturated rings. The maximum absolute atomic E-state index is 13.0. The molecule has 8 heteroatoms. The van der Waals surface area contributed by atoms with Gasteiger partial charge >= 0.3 is 0 Å². The van der Waals surface area contributed by atoms with E-state index < -0.39 is 16.1 Å². The van der Waals surface area contributed by atoms with Crippen molar-refractivity contribution < 1.29 is 13.2 Å². The lowest BCUT2D eigenvalue weighted by Gasteiger charge is -2.26. The highest BCUT2D eigenvalue weighted by molar-refractivity contribution is 7.89. The van der Waals surface area contributed by atoms with Crippen molar-refractivity contribution in [3.63, 3.8) is 0 Å². The van der Waals surface area contributed by atoms with E-state index in [9.17, 15) is 13.2 Å². The standard InChI is InChI=1S/C23H28N4O3S/c1-16-6-7-19(24)15-21(16)25-23(28)17(2)27-13-10-18-14-20(8-9-22(18)27)31(29,30)26-11-4-3-5-12-26/h6-10,13-15,17H,3-5,11-12,24H2,1-2H3,(H,25,28). The lowest BCUT2D eigenvalue weighted by Crippen LogP contribution is -2.35. The Morgan fingerprint density at radius 3 is 2.55 bits per heavy atom. The summed E-state index contributed by atoms with van der Waals surface area (Å²) in [6.07, 6.45) is 4.69. The molecule has 0 spiro atoms. The Labute approximate surface area is 182 Å². The zero-order valence-electron chi connectivity index (χ0n) is 17.8. The monoisotopic (exact) mass is 440 g/mol. The molecule has 3 N–H and O–H groups in total. The third kappa shape index (κ3) is 4.18. The molecule has 0 bridgehead atoms. The number of nitrogens with one attached hydrogen (secondary N) is 1. The highest BCUT2D eigenvalue weighted by Crippen LogP contribution is 2.27. The van der Waals surface area contributed by atoms with Crippen LogP contribution in [0.15, 0.2) is 53.6 Å². The second kappa shape index (κ2) is 8.36. The van der Waals surface area contributed by atoms with Crippen LogP contribution in [0.4, 0.5) is 11.4 Å². The van der Waals surface area contributed by atoms with E-state index in [0.717, 1.165) is 35.7 Å². The van der Waals surface area contributed by atoms with Gasteiger partial charge in [-0.1, -0.05) is 12.5 Å². The molecule has 1 aliphatic heterocycles. The number of hydrogen-bond donors (Lipinski definition) is 2. The number of aryl methyl sites for hydroxylation is 1. The number of rotatable bonds is 5. The van der Waals surface area contributed by atoms with Gasteiger partial charge in [0.05, 0.1) is 4.90 Å². The second-order valence-corrected chi connectivity index (χ2v) is 10.1. The molecule has 1 atom stereocenters. The Bertz CT molecular complexity index is 1230. The number of carbonyl (C=O) groups excluding carboxylic acids is 1. The van der Waals surface area contributed by atoms with Crippen LogP contribution in [0.5, 0.6) is 0 Å². The lowest BCUT2D eigenvalue weighted by atomic mass is 10.1. The average Bonchev–Trinajstić information content (AvgIpc) is 3.19. The van der Waals surface area contributed by atoms with Gasteiger partial charge < -0.3 is 15.6 Å². The minimum Gasteiger partial charge on any atom is -0.399 e. The molecule has 4 rings (SSSR count). The van der Waals surface area contributed by atoms with Gasteiger partial charge in [0.15, 0.2) is 0 Å². The van der Waals surface area contributed by atoms with E-state index in [1.165, 1.54) is 0 Å². The van der Waals surface area contributed by atoms with E-state index in [1.807, 2.05) is 36.7 Å². The van der Waals surface area contributed by atoms with Crippen molar-refractivity contribution in [2.45, 2.75) is 44.0 Å². The zero-order chi connectivity index (χ0) is 22.2. The largest absolute Gasteiger partial charge is 0.399 e. The van der Waals surface area contributed by atoms with Crippen LogP contribution in [0.3, 0.4) is 0 Å². The molecule has 164 valence electrons. The first-order chi connectivity index (χ1) is 14.8. The molecule has 1 aromatic heterocycles. The van der Waals surface area contributed by atoms with Crippen LogP contribution >= 0.6 is 0 Å². The zero-order valence-corrected chi connectivity index (χ0v) is 18.7. The summed E-state index contributed by atoms with van der Waals surface area (Å²) in [4.78, 5) is 13.2. The van der Waals surface area contributed by atoms with Crippen LogP contribution in [-0.2, 0) is 14.8 Å². The summed E-state index contributed by atoms with van der Waals surface area (Å²) in [5.41, 5.74) is 8.85. The van der Waals surface area contributed by atoms with E-state index in [4.69, 9.17) is 5.73 Å². The summed E-state index contributed by atoms with van der Waals surface area (Å²) in [6.45, 7) is 4.87. The second-order valence-electron chi connectivity index (χ2n) is 8.15. The van der Waals surface area contributed by atoms with E-state index in [2.05, 4.69) is 5.32 Å². The number of benzene rings is 2. The fourth-order valence-corrected chi connectivity index (χ4v) is 5.59. The predicted octanol–water partition coefficient (Wildman–Crippen LogP) is 3.91. The predicted molar refractivity (Wildman–Crippen MR) is 123 cm³/mol. The number of nitrogens with zero attached hydrogens (tertiary/aromatic N) is 2. The van der Waals surface area contributed by atoms with Gasteiger partial charge in [-0.25, -0.2) is 8.42 Å². The Kier molecular flexibility index (Phi) is 5.77. The molecular formula is C23H28N4O3S. The third-order valence-electron chi connectivity index (χ3n) is 5.96. The van der Waals surface area contributed by atoms with E-state index in [-0.39, 0.29) is 5.91 Å². The van der Waals surface area contributed by atoms with E-state index in [0.29, 0.717) is 29.4 Å². The Balaban J connectivity index is 1.59. The van der Waals surface area contributed by atoms with Crippen molar-refractivity contribution in [3.8, 4) is 0 Å². The highest BCUT2D eigenvalue weighted by Gasteiger charge is 2.26. The summed E-state index contributed by atoms with van der Waals surface area (Å²) in [7, 11) is -3.50. The Morgan fingerprint density at radius 1 is 1.06 bits per heavy atom. The molecule has 1 amide bonds. The van der Waals surface area contributed by atoms with E-state index >= 15 is 0 Å². The number of sulfonamides is 1. The normalized spacial score (nSPS) is 16.3. The Hall–Kier alpha value is -2.84. The first-order valence-corrected chi connectivity index (χ1v) is 12.0. The van der Waals surface area contributed by atoms with Crippen molar-refractivity contribution in [2.24, 2.45) is 0 Å². The van der Waals surface area contributed by atoms with Crippen LogP contribution in [0.2, 0.25) is 0 Å². The van der Waals surface area contributed by atoms with Crippen LogP contribution in [0, 0.1) is 6.92 Å². The van der Waals surface area contributed by atoms with Gasteiger partial charge in [0.25, 0.3) is 0 Å². The third-order valence-corrected chi connectivity index (χ3v) is 7.86. The molecule has 31 heavy (non-hydrogen) atoms. The van der Waals surface area contributed by atoms with Crippen LogP contribution in [-0.4, -0.2) is 36.3 Å². The SMILES string of the molecule is Cc1ccc(N)cc1NC(=O)C(C)n1ccc2cc(S(=O)(=O)N3CCCCC3)ccc21. The van der Waals surface area contributed by atoms with E-state index in [1.54, 1.807) is 34.6 Å². The summed E-state index contributed by atoms with van der Waals surface area (Å²) >= 11 is 0. The van der Waals surface area contributed by atoms with Crippen molar-refractivity contribution in [2.75, 3.05) is 24.1 Å². The maximum Gasteiger partial charge on any atom is 0.247 e. The van der Waals surface area contributed by atoms with Gasteiger partial charge in [-0.2, -0.15) is 4.31 Å². The first-order valence-electron chi connectivity index (χ1n) is 10.5. The summed E-state index contributed by atoms with van der Waals surface area (Å²) in [5, 5.41) is 3.73. The molecule has 3 aromatic rings. The molecule has 1 saturated heterocycles. The number of hydrogen-bond acceptors (Lipinski definition) is 4. The molecule has 0 radical (unpaired) electrons. The van der Waals surface area contributed by atoms with Gasteiger partial charge in [-0.3, -0.25) is 4.79 Å². The van der Waals surface area contributed by atoms with Gasteiger partial charge in [-0.15, -0.1) is 0 Å². The van der Waals surface area contributed by atoms with Crippen molar-refractivity contribution in [1.29, 1.82) is 0 Å². The number of fused-ring (bicyclic) bond motifs is 1. The fourth-order valence-electron chi connectivity index (χ4n) is 4.03. The number of nitrogens with two attached hydrogens (primary N) is 1. The number of aromatic nitrogens is 1. The molecule has 0 saturated carbocycles. The quantitative estimate of drug-likeness (QED) is 0.588. The number of nitrogen functional groups attached to an aromatic ring is 1. The highest BCUT2D eigenvalue weighted by atomic mass is 32.2. The molecule has 1 unspecified atom stereocenters. The molecular weight excluding hydrogens is 412 g/mol. The minimum atomic E-state index is -3.50. The number of piperidine rings is 1. The smallest absolute Gasteiger partial charge is 0.247 e. The van der Waals surface area contributed by atoms with Crippen LogP contribution < -0.4 is 11.1 Å². The summed E-state index contributed by atoms with van der Waals surface area (Å²) in [5.74, 6) is -0.170. The molecule has 1 aliphatic rings. The number of carbonyl (C=O) groups is 1. The average molecular weight is 441 g/mol. The van der Waals surface area contributed by atoms with Crippen molar-refractivity contribution in [1.82, 2.24) is 8.87 Å². The fraction of sp³-hybridized carbons (Fsp3) is 0.348. The minimum absolute atomic E-state index is 0.170. The molecule has 2 aromatic carbocycles. The first kappa shape index (κ1) is 21.4. The van der Waals surface area contributed by atoms with Gasteiger partial charge in [-0.05, 0) is 68.7 Å². The number of anilines is 2. The van der Waals surface area contributed by atoms with Gasteiger partial charge in [0.1, 0.15) is 6.04 Å². The van der Waals surface area contributed by atoms with Crippen molar-refractivity contribution >= 4 is 38.2 Å². The topological polar surface area (TPSA) is 97.4 Å². The van der Waals surface area contributed by atoms with Crippen LogP contribution in [0.1, 0.15) is 37.8 Å². The Morgan fingerprint density at radius 2 is 1.81 bits per heavy atom. The lowest BCUT2D eigenvalue weighted by molar-refractivity contribution is -0.118. The van der Waals surface area contributed by atoms with Gasteiger partial charge in [0.2, 0.25) is 15.9 Å². The summed E-state index contributed by atoms with van der Waals surface area (Å²) < 4.78 is 29.4. The maximum atomic E-state index is 13.0. The molecule has 7 nitrogen and oxygen atoms in total. The number of amides is 1. The molecule has 2 heterocycles. The summed E-state index contributed by atoms with van der Waals surface area (Å²) in [6, 6.07) is 11.9. The van der Waals surface area contributed by atoms with Crippen molar-refractivity contribution in [3.05, 3.63) is 54.2 Å². The molecule has 0 aliphatic carbocycles.